The van der Waals surface area contributed by atoms with Crippen LogP contribution in [0.2, 0.25) is 23.3 Å². The van der Waals surface area contributed by atoms with Gasteiger partial charge in [-0.25, -0.2) is 4.98 Å². The zero-order valence-corrected chi connectivity index (χ0v) is 16.8. The van der Waals surface area contributed by atoms with Crippen LogP contribution in [0.1, 0.15) is 45.9 Å². The van der Waals surface area contributed by atoms with E-state index in [9.17, 15) is 0 Å². The number of nitrogens with two attached hydrogens (primary N) is 1. The first kappa shape index (κ1) is 19.4. The monoisotopic (exact) mass is 344 g/mol. The van der Waals surface area contributed by atoms with Crippen molar-refractivity contribution < 1.29 is 9.16 Å². The number of halogens is 1. The van der Waals surface area contributed by atoms with Gasteiger partial charge in [0.1, 0.15) is 0 Å². The Morgan fingerprint density at radius 2 is 1.77 bits per heavy atom. The van der Waals surface area contributed by atoms with E-state index in [1.807, 2.05) is 19.9 Å². The molecule has 0 saturated heterocycles. The van der Waals surface area contributed by atoms with E-state index in [1.54, 1.807) is 7.11 Å². The average molecular weight is 345 g/mol. The smallest absolute Gasteiger partial charge is 0.192 e. The van der Waals surface area contributed by atoms with E-state index in [0.717, 1.165) is 11.3 Å². The Hall–Kier alpha value is -0.623. The molecule has 1 aromatic heterocycles. The lowest BCUT2D eigenvalue weighted by atomic mass is 9.95. The molecular formula is C16H29ClN2O2Si. The number of rotatable bonds is 5. The maximum Gasteiger partial charge on any atom is 0.192 e. The van der Waals surface area contributed by atoms with Crippen LogP contribution in [-0.4, -0.2) is 20.4 Å². The summed E-state index contributed by atoms with van der Waals surface area (Å²) in [7, 11) is -0.262. The molecule has 0 aliphatic carbocycles. The third kappa shape index (κ3) is 4.44. The molecule has 0 fully saturated rings. The minimum atomic E-state index is -1.84. The molecule has 126 valence electrons. The Morgan fingerprint density at radius 3 is 2.18 bits per heavy atom. The minimum Gasteiger partial charge on any atom is -0.493 e. The van der Waals surface area contributed by atoms with Gasteiger partial charge >= 0.3 is 0 Å². The Morgan fingerprint density at radius 1 is 1.23 bits per heavy atom. The molecule has 1 heterocycles. The lowest BCUT2D eigenvalue weighted by Crippen LogP contribution is -2.40. The molecule has 2 N–H and O–H groups in total. The molecule has 4 nitrogen and oxygen atoms in total. The second-order valence-corrected chi connectivity index (χ2v) is 12.9. The van der Waals surface area contributed by atoms with Crippen LogP contribution >= 0.6 is 11.6 Å². The molecule has 0 spiro atoms. The third-order valence-corrected chi connectivity index (χ3v) is 9.00. The molecule has 0 unspecified atom stereocenters. The number of nitrogens with zero attached hydrogens (tertiary/aromatic N) is 1. The summed E-state index contributed by atoms with van der Waals surface area (Å²) in [6.45, 7) is 15.3. The van der Waals surface area contributed by atoms with Gasteiger partial charge in [-0.05, 0) is 38.0 Å². The lowest BCUT2D eigenvalue weighted by Gasteiger charge is -2.36. The van der Waals surface area contributed by atoms with Crippen LogP contribution in [0, 0.1) is 0 Å². The minimum absolute atomic E-state index is 0.152. The highest BCUT2D eigenvalue weighted by Gasteiger charge is 2.37. The van der Waals surface area contributed by atoms with Crippen molar-refractivity contribution in [3.05, 3.63) is 22.5 Å². The van der Waals surface area contributed by atoms with Crippen molar-refractivity contribution in [3.63, 3.8) is 0 Å². The van der Waals surface area contributed by atoms with Crippen molar-refractivity contribution in [2.75, 3.05) is 7.11 Å². The van der Waals surface area contributed by atoms with Gasteiger partial charge < -0.3 is 14.9 Å². The number of hydrogen-bond acceptors (Lipinski definition) is 4. The van der Waals surface area contributed by atoms with Gasteiger partial charge in [0.2, 0.25) is 0 Å². The first-order valence-electron chi connectivity index (χ1n) is 7.46. The van der Waals surface area contributed by atoms with E-state index in [0.29, 0.717) is 17.5 Å². The quantitative estimate of drug-likeness (QED) is 0.632. The van der Waals surface area contributed by atoms with Gasteiger partial charge in [0.05, 0.1) is 19.4 Å². The van der Waals surface area contributed by atoms with Crippen molar-refractivity contribution in [2.45, 2.75) is 64.9 Å². The van der Waals surface area contributed by atoms with Gasteiger partial charge in [-0.1, -0.05) is 32.4 Å². The molecule has 1 aromatic rings. The summed E-state index contributed by atoms with van der Waals surface area (Å²) in [5, 5.41) is 0.478. The molecule has 0 atom stereocenters. The van der Waals surface area contributed by atoms with Crippen molar-refractivity contribution in [1.29, 1.82) is 0 Å². The van der Waals surface area contributed by atoms with Crippen LogP contribution in [0.5, 0.6) is 5.75 Å². The molecule has 0 aromatic carbocycles. The summed E-state index contributed by atoms with van der Waals surface area (Å²) >= 11 is 6.24. The molecule has 22 heavy (non-hydrogen) atoms. The van der Waals surface area contributed by atoms with Gasteiger partial charge in [-0.3, -0.25) is 0 Å². The molecule has 0 bridgehead atoms. The first-order chi connectivity index (χ1) is 9.79. The van der Waals surface area contributed by atoms with Gasteiger partial charge in [0.25, 0.3) is 0 Å². The van der Waals surface area contributed by atoms with Crippen molar-refractivity contribution >= 4 is 19.9 Å². The molecule has 0 radical (unpaired) electrons. The van der Waals surface area contributed by atoms with Crippen LogP contribution in [0.3, 0.4) is 0 Å². The summed E-state index contributed by atoms with van der Waals surface area (Å²) < 4.78 is 11.6. The standard InChI is InChI=1S/C16H29ClN2O2Si/c1-15(2,3)22(7,8)21-10-11-9-12(16(4,5)18)13(20-6)14(17)19-11/h9H,10,18H2,1-8H3. The predicted molar refractivity (Wildman–Crippen MR) is 95.0 cm³/mol. The van der Waals surface area contributed by atoms with E-state index in [4.69, 9.17) is 26.5 Å². The number of hydrogen-bond donors (Lipinski definition) is 1. The van der Waals surface area contributed by atoms with Gasteiger partial charge in [0.15, 0.2) is 19.2 Å². The normalized spacial score (nSPS) is 13.4. The summed E-state index contributed by atoms with van der Waals surface area (Å²) in [5.74, 6) is 0.533. The van der Waals surface area contributed by atoms with Crippen molar-refractivity contribution in [3.8, 4) is 5.75 Å². The Labute approximate surface area is 140 Å². The molecule has 0 amide bonds. The van der Waals surface area contributed by atoms with Crippen LogP contribution in [0.4, 0.5) is 0 Å². The maximum atomic E-state index is 6.24. The van der Waals surface area contributed by atoms with Gasteiger partial charge in [-0.15, -0.1) is 0 Å². The largest absolute Gasteiger partial charge is 0.493 e. The van der Waals surface area contributed by atoms with Crippen LogP contribution < -0.4 is 10.5 Å². The third-order valence-electron chi connectivity index (χ3n) is 4.27. The highest BCUT2D eigenvalue weighted by molar-refractivity contribution is 6.74. The molecule has 0 saturated carbocycles. The predicted octanol–water partition coefficient (Wildman–Crippen LogP) is 4.46. The van der Waals surface area contributed by atoms with Crippen molar-refractivity contribution in [1.82, 2.24) is 4.98 Å². The number of pyridine rings is 1. The van der Waals surface area contributed by atoms with Crippen LogP contribution in [-0.2, 0) is 16.6 Å². The second-order valence-electron chi connectivity index (χ2n) is 7.76. The molecule has 0 aliphatic rings. The zero-order chi connectivity index (χ0) is 17.3. The Balaban J connectivity index is 3.11. The number of methoxy groups -OCH3 is 1. The van der Waals surface area contributed by atoms with E-state index in [2.05, 4.69) is 38.8 Å². The number of aromatic nitrogens is 1. The number of ether oxygens (including phenoxy) is 1. The summed E-state index contributed by atoms with van der Waals surface area (Å²) in [6.07, 6.45) is 0. The molecule has 1 rings (SSSR count). The fraction of sp³-hybridized carbons (Fsp3) is 0.688. The van der Waals surface area contributed by atoms with E-state index in [1.165, 1.54) is 0 Å². The summed E-state index contributed by atoms with van der Waals surface area (Å²) in [4.78, 5) is 4.39. The van der Waals surface area contributed by atoms with E-state index < -0.39 is 13.9 Å². The van der Waals surface area contributed by atoms with E-state index >= 15 is 0 Å². The van der Waals surface area contributed by atoms with Crippen LogP contribution in [0.25, 0.3) is 0 Å². The molecule has 6 heteroatoms. The molecule has 0 aliphatic heterocycles. The van der Waals surface area contributed by atoms with Gasteiger partial charge in [0, 0.05) is 11.1 Å². The van der Waals surface area contributed by atoms with E-state index in [-0.39, 0.29) is 5.04 Å². The van der Waals surface area contributed by atoms with Crippen molar-refractivity contribution in [2.24, 2.45) is 5.73 Å². The SMILES string of the molecule is COc1c(C(C)(C)N)cc(CO[Si](C)(C)C(C)(C)C)nc1Cl. The second kappa shape index (κ2) is 6.47. The fourth-order valence-electron chi connectivity index (χ4n) is 1.77. The summed E-state index contributed by atoms with van der Waals surface area (Å²) in [6, 6.07) is 1.93. The summed E-state index contributed by atoms with van der Waals surface area (Å²) in [5.41, 5.74) is 7.28. The Bertz CT molecular complexity index is 534. The van der Waals surface area contributed by atoms with Crippen LogP contribution in [0.15, 0.2) is 6.07 Å². The first-order valence-corrected chi connectivity index (χ1v) is 10.7. The average Bonchev–Trinajstić information content (AvgIpc) is 2.33. The fourth-order valence-corrected chi connectivity index (χ4v) is 3.00. The topological polar surface area (TPSA) is 57.4 Å². The molecular weight excluding hydrogens is 316 g/mol. The maximum absolute atomic E-state index is 6.24. The lowest BCUT2D eigenvalue weighted by molar-refractivity contribution is 0.271. The highest BCUT2D eigenvalue weighted by Crippen LogP contribution is 2.38. The van der Waals surface area contributed by atoms with Gasteiger partial charge in [-0.2, -0.15) is 0 Å². The highest BCUT2D eigenvalue weighted by atomic mass is 35.5. The zero-order valence-electron chi connectivity index (χ0n) is 15.0. The Kier molecular flexibility index (Phi) is 5.72.